The van der Waals surface area contributed by atoms with Crippen LogP contribution >= 0.6 is 0 Å². The van der Waals surface area contributed by atoms with Gasteiger partial charge in [0.2, 0.25) is 6.79 Å². The number of fused-ring (bicyclic) bond motifs is 1. The molecule has 92 valence electrons. The third kappa shape index (κ3) is 2.34. The maximum absolute atomic E-state index is 11.5. The second-order valence-corrected chi connectivity index (χ2v) is 4.27. The van der Waals surface area contributed by atoms with Crippen LogP contribution in [0.1, 0.15) is 12.5 Å². The molecule has 1 unspecified atom stereocenters. The second kappa shape index (κ2) is 4.25. The number of methoxy groups -OCH3 is 1. The molecule has 5 nitrogen and oxygen atoms in total. The van der Waals surface area contributed by atoms with Crippen molar-refractivity contribution in [3.8, 4) is 11.5 Å². The van der Waals surface area contributed by atoms with E-state index in [1.807, 2.05) is 18.2 Å². The summed E-state index contributed by atoms with van der Waals surface area (Å²) in [5, 5.41) is 0. The van der Waals surface area contributed by atoms with Crippen LogP contribution in [0.25, 0.3) is 0 Å². The molecule has 0 aliphatic carbocycles. The minimum absolute atomic E-state index is 0.232. The van der Waals surface area contributed by atoms with E-state index in [4.69, 9.17) is 15.2 Å². The summed E-state index contributed by atoms with van der Waals surface area (Å²) in [6, 6.07) is 5.50. The van der Waals surface area contributed by atoms with Crippen molar-refractivity contribution in [3.05, 3.63) is 23.8 Å². The summed E-state index contributed by atoms with van der Waals surface area (Å²) < 4.78 is 15.1. The topological polar surface area (TPSA) is 70.8 Å². The summed E-state index contributed by atoms with van der Waals surface area (Å²) in [6.07, 6.45) is 0.385. The Morgan fingerprint density at radius 3 is 2.88 bits per heavy atom. The molecule has 0 spiro atoms. The van der Waals surface area contributed by atoms with Crippen LogP contribution in [0.15, 0.2) is 18.2 Å². The van der Waals surface area contributed by atoms with Crippen LogP contribution in [0.5, 0.6) is 11.5 Å². The van der Waals surface area contributed by atoms with Crippen molar-refractivity contribution < 1.29 is 19.0 Å². The fourth-order valence-corrected chi connectivity index (χ4v) is 1.78. The Labute approximate surface area is 99.5 Å². The number of benzene rings is 1. The predicted octanol–water partition coefficient (Wildman–Crippen LogP) is 0.848. The first-order valence-corrected chi connectivity index (χ1v) is 5.29. The summed E-state index contributed by atoms with van der Waals surface area (Å²) >= 11 is 0. The molecule has 1 aliphatic heterocycles. The van der Waals surface area contributed by atoms with Crippen molar-refractivity contribution in [2.45, 2.75) is 18.9 Å². The van der Waals surface area contributed by atoms with E-state index in [-0.39, 0.29) is 6.79 Å². The summed E-state index contributed by atoms with van der Waals surface area (Å²) in [4.78, 5) is 11.5. The fourth-order valence-electron chi connectivity index (χ4n) is 1.78. The number of carbonyl (C=O) groups is 1. The average molecular weight is 237 g/mol. The molecular formula is C12H15NO4. The van der Waals surface area contributed by atoms with Crippen molar-refractivity contribution in [3.63, 3.8) is 0 Å². The SMILES string of the molecule is COC(=O)C(C)(N)Cc1ccc2c(c1)OCO2. The van der Waals surface area contributed by atoms with Gasteiger partial charge in [-0.3, -0.25) is 4.79 Å². The van der Waals surface area contributed by atoms with E-state index in [0.29, 0.717) is 17.9 Å². The van der Waals surface area contributed by atoms with Crippen LogP contribution in [0, 0.1) is 0 Å². The number of rotatable bonds is 3. The summed E-state index contributed by atoms with van der Waals surface area (Å²) in [5.41, 5.74) is 5.77. The van der Waals surface area contributed by atoms with Gasteiger partial charge in [-0.1, -0.05) is 6.07 Å². The minimum Gasteiger partial charge on any atom is -0.468 e. The molecule has 0 fully saturated rings. The van der Waals surface area contributed by atoms with E-state index in [0.717, 1.165) is 5.56 Å². The summed E-state index contributed by atoms with van der Waals surface area (Å²) in [6.45, 7) is 1.87. The van der Waals surface area contributed by atoms with Crippen molar-refractivity contribution in [2.24, 2.45) is 5.73 Å². The lowest BCUT2D eigenvalue weighted by atomic mass is 9.94. The largest absolute Gasteiger partial charge is 0.468 e. The average Bonchev–Trinajstić information content (AvgIpc) is 2.74. The first-order chi connectivity index (χ1) is 8.03. The van der Waals surface area contributed by atoms with Gasteiger partial charge in [-0.2, -0.15) is 0 Å². The molecule has 0 saturated carbocycles. The van der Waals surface area contributed by atoms with Gasteiger partial charge >= 0.3 is 5.97 Å². The van der Waals surface area contributed by atoms with Gasteiger partial charge in [0.15, 0.2) is 11.5 Å². The Morgan fingerprint density at radius 1 is 1.47 bits per heavy atom. The quantitative estimate of drug-likeness (QED) is 0.789. The molecule has 1 aliphatic rings. The number of esters is 1. The Bertz CT molecular complexity index is 442. The van der Waals surface area contributed by atoms with Gasteiger partial charge in [-0.15, -0.1) is 0 Å². The zero-order valence-corrected chi connectivity index (χ0v) is 9.86. The smallest absolute Gasteiger partial charge is 0.325 e. The highest BCUT2D eigenvalue weighted by Crippen LogP contribution is 2.33. The molecule has 0 amide bonds. The van der Waals surface area contributed by atoms with Gasteiger partial charge in [-0.25, -0.2) is 0 Å². The van der Waals surface area contributed by atoms with E-state index >= 15 is 0 Å². The molecule has 1 aromatic rings. The molecule has 1 atom stereocenters. The van der Waals surface area contributed by atoms with Crippen molar-refractivity contribution in [1.29, 1.82) is 0 Å². The Kier molecular flexibility index (Phi) is 2.93. The Balaban J connectivity index is 2.16. The van der Waals surface area contributed by atoms with Crippen LogP contribution in [0.3, 0.4) is 0 Å². The molecule has 1 heterocycles. The van der Waals surface area contributed by atoms with Crippen molar-refractivity contribution in [2.75, 3.05) is 13.9 Å². The van der Waals surface area contributed by atoms with Crippen LogP contribution in [-0.2, 0) is 16.0 Å². The van der Waals surface area contributed by atoms with Crippen LogP contribution < -0.4 is 15.2 Å². The molecule has 1 aromatic carbocycles. The maximum Gasteiger partial charge on any atom is 0.325 e. The van der Waals surface area contributed by atoms with E-state index in [2.05, 4.69) is 4.74 Å². The maximum atomic E-state index is 11.5. The van der Waals surface area contributed by atoms with Crippen molar-refractivity contribution >= 4 is 5.97 Å². The zero-order chi connectivity index (χ0) is 12.5. The van der Waals surface area contributed by atoms with Gasteiger partial charge in [0.05, 0.1) is 7.11 Å². The number of hydrogen-bond donors (Lipinski definition) is 1. The second-order valence-electron chi connectivity index (χ2n) is 4.27. The number of nitrogens with two attached hydrogens (primary N) is 1. The standard InChI is InChI=1S/C12H15NO4/c1-12(13,11(14)15-2)6-8-3-4-9-10(5-8)17-7-16-9/h3-5H,6-7,13H2,1-2H3. The Hall–Kier alpha value is -1.75. The van der Waals surface area contributed by atoms with E-state index in [1.165, 1.54) is 7.11 Å². The third-order valence-corrected chi connectivity index (χ3v) is 2.66. The lowest BCUT2D eigenvalue weighted by Crippen LogP contribution is -2.47. The molecule has 0 saturated heterocycles. The number of ether oxygens (including phenoxy) is 3. The number of carbonyl (C=O) groups excluding carboxylic acids is 1. The highest BCUT2D eigenvalue weighted by molar-refractivity contribution is 5.80. The fraction of sp³-hybridized carbons (Fsp3) is 0.417. The Morgan fingerprint density at radius 2 is 2.18 bits per heavy atom. The summed E-state index contributed by atoms with van der Waals surface area (Å²) in [5.74, 6) is 0.962. The predicted molar refractivity (Wildman–Crippen MR) is 60.9 cm³/mol. The normalized spacial score (nSPS) is 16.4. The first kappa shape index (κ1) is 11.7. The van der Waals surface area contributed by atoms with Gasteiger partial charge in [0, 0.05) is 6.42 Å². The molecule has 0 aromatic heterocycles. The van der Waals surface area contributed by atoms with E-state index in [9.17, 15) is 4.79 Å². The summed E-state index contributed by atoms with van der Waals surface area (Å²) in [7, 11) is 1.33. The lowest BCUT2D eigenvalue weighted by molar-refractivity contribution is -0.146. The molecule has 2 N–H and O–H groups in total. The van der Waals surface area contributed by atoms with Gasteiger partial charge in [0.25, 0.3) is 0 Å². The molecule has 5 heteroatoms. The third-order valence-electron chi connectivity index (χ3n) is 2.66. The number of hydrogen-bond acceptors (Lipinski definition) is 5. The van der Waals surface area contributed by atoms with Crippen molar-refractivity contribution in [1.82, 2.24) is 0 Å². The van der Waals surface area contributed by atoms with Crippen LogP contribution in [0.2, 0.25) is 0 Å². The van der Waals surface area contributed by atoms with E-state index in [1.54, 1.807) is 6.92 Å². The van der Waals surface area contributed by atoms with Gasteiger partial charge < -0.3 is 19.9 Å². The molecule has 0 bridgehead atoms. The highest BCUT2D eigenvalue weighted by Gasteiger charge is 2.30. The molecule has 0 radical (unpaired) electrons. The van der Waals surface area contributed by atoms with Crippen LogP contribution in [0.4, 0.5) is 0 Å². The lowest BCUT2D eigenvalue weighted by Gasteiger charge is -2.21. The minimum atomic E-state index is -1.04. The van der Waals surface area contributed by atoms with E-state index < -0.39 is 11.5 Å². The van der Waals surface area contributed by atoms with Gasteiger partial charge in [-0.05, 0) is 24.6 Å². The molecule has 17 heavy (non-hydrogen) atoms. The van der Waals surface area contributed by atoms with Crippen LogP contribution in [-0.4, -0.2) is 25.4 Å². The van der Waals surface area contributed by atoms with Gasteiger partial charge in [0.1, 0.15) is 5.54 Å². The molecular weight excluding hydrogens is 222 g/mol. The first-order valence-electron chi connectivity index (χ1n) is 5.29. The molecule has 2 rings (SSSR count). The monoisotopic (exact) mass is 237 g/mol. The highest BCUT2D eigenvalue weighted by atomic mass is 16.7. The zero-order valence-electron chi connectivity index (χ0n) is 9.86.